The summed E-state index contributed by atoms with van der Waals surface area (Å²) in [5, 5.41) is 1.62. The molecule has 110 valence electrons. The van der Waals surface area contributed by atoms with Gasteiger partial charge in [0.05, 0.1) is 0 Å². The SMILES string of the molecule is CC1(NC(=O)C(F)(F)F)CCN(C(=O)C(F)(F)F)N1. The van der Waals surface area contributed by atoms with E-state index in [-0.39, 0.29) is 11.4 Å². The normalized spacial score (nSPS) is 24.5. The lowest BCUT2D eigenvalue weighted by atomic mass is 10.1. The minimum absolute atomic E-state index is 0.122. The van der Waals surface area contributed by atoms with Crippen molar-refractivity contribution < 1.29 is 35.9 Å². The first-order valence-electron chi connectivity index (χ1n) is 4.91. The summed E-state index contributed by atoms with van der Waals surface area (Å²) >= 11 is 0. The van der Waals surface area contributed by atoms with E-state index in [0.29, 0.717) is 0 Å². The second-order valence-corrected chi connectivity index (χ2v) is 4.10. The van der Waals surface area contributed by atoms with Gasteiger partial charge in [-0.2, -0.15) is 26.3 Å². The van der Waals surface area contributed by atoms with Crippen LogP contribution >= 0.6 is 0 Å². The van der Waals surface area contributed by atoms with Crippen molar-refractivity contribution in [2.24, 2.45) is 0 Å². The van der Waals surface area contributed by atoms with Crippen molar-refractivity contribution in [1.82, 2.24) is 15.8 Å². The molecule has 1 fully saturated rings. The van der Waals surface area contributed by atoms with Gasteiger partial charge >= 0.3 is 24.2 Å². The third-order valence-electron chi connectivity index (χ3n) is 2.35. The van der Waals surface area contributed by atoms with Crippen LogP contribution in [0.15, 0.2) is 0 Å². The summed E-state index contributed by atoms with van der Waals surface area (Å²) in [6.07, 6.45) is -10.6. The van der Waals surface area contributed by atoms with E-state index in [4.69, 9.17) is 0 Å². The first kappa shape index (κ1) is 15.5. The quantitative estimate of drug-likeness (QED) is 0.699. The van der Waals surface area contributed by atoms with Gasteiger partial charge in [0, 0.05) is 13.0 Å². The number of hydrazine groups is 1. The molecule has 0 bridgehead atoms. The van der Waals surface area contributed by atoms with Crippen LogP contribution in [0.1, 0.15) is 13.3 Å². The van der Waals surface area contributed by atoms with E-state index >= 15 is 0 Å². The lowest BCUT2D eigenvalue weighted by Gasteiger charge is -2.28. The summed E-state index contributed by atoms with van der Waals surface area (Å²) in [5.41, 5.74) is 0.138. The van der Waals surface area contributed by atoms with Crippen LogP contribution in [0, 0.1) is 0 Å². The molecular weight excluding hydrogens is 284 g/mol. The van der Waals surface area contributed by atoms with Crippen LogP contribution in [0.5, 0.6) is 0 Å². The molecule has 19 heavy (non-hydrogen) atoms. The molecule has 0 saturated carbocycles. The predicted molar refractivity (Wildman–Crippen MR) is 48.1 cm³/mol. The molecule has 5 nitrogen and oxygen atoms in total. The van der Waals surface area contributed by atoms with Gasteiger partial charge in [-0.15, -0.1) is 0 Å². The molecule has 0 aromatic carbocycles. The average Bonchev–Trinajstić information content (AvgIpc) is 2.56. The second kappa shape index (κ2) is 4.54. The van der Waals surface area contributed by atoms with Gasteiger partial charge in [-0.25, -0.2) is 5.43 Å². The van der Waals surface area contributed by atoms with Gasteiger partial charge in [-0.05, 0) is 6.92 Å². The van der Waals surface area contributed by atoms with Crippen LogP contribution in [0.4, 0.5) is 26.3 Å². The van der Waals surface area contributed by atoms with E-state index in [1.165, 1.54) is 5.32 Å². The fourth-order valence-corrected chi connectivity index (χ4v) is 1.46. The maximum absolute atomic E-state index is 12.1. The highest BCUT2D eigenvalue weighted by molar-refractivity contribution is 5.83. The summed E-state index contributed by atoms with van der Waals surface area (Å²) in [6, 6.07) is 0. The fraction of sp³-hybridized carbons (Fsp3) is 0.750. The Bertz CT molecular complexity index is 393. The molecule has 0 aliphatic carbocycles. The predicted octanol–water partition coefficient (Wildman–Crippen LogP) is 0.680. The Morgan fingerprint density at radius 1 is 1.16 bits per heavy atom. The molecule has 1 rings (SSSR count). The molecule has 0 spiro atoms. The third kappa shape index (κ3) is 3.72. The summed E-state index contributed by atoms with van der Waals surface area (Å²) in [6.45, 7) is 0.563. The maximum atomic E-state index is 12.1. The van der Waals surface area contributed by atoms with E-state index in [1.54, 1.807) is 0 Å². The van der Waals surface area contributed by atoms with Crippen molar-refractivity contribution in [2.75, 3.05) is 6.54 Å². The van der Waals surface area contributed by atoms with Crippen LogP contribution in [0.25, 0.3) is 0 Å². The molecule has 11 heteroatoms. The largest absolute Gasteiger partial charge is 0.472 e. The number of halogens is 6. The van der Waals surface area contributed by atoms with E-state index in [1.807, 2.05) is 5.43 Å². The molecule has 0 aromatic rings. The van der Waals surface area contributed by atoms with E-state index < -0.39 is 36.4 Å². The first-order chi connectivity index (χ1) is 8.35. The van der Waals surface area contributed by atoms with Gasteiger partial charge in [0.15, 0.2) is 0 Å². The number of alkyl halides is 6. The number of hydrogen-bond donors (Lipinski definition) is 2. The first-order valence-corrected chi connectivity index (χ1v) is 4.91. The second-order valence-electron chi connectivity index (χ2n) is 4.10. The summed E-state index contributed by atoms with van der Waals surface area (Å²) in [4.78, 5) is 21.5. The van der Waals surface area contributed by atoms with Crippen molar-refractivity contribution in [1.29, 1.82) is 0 Å². The minimum Gasteiger partial charge on any atom is -0.329 e. The van der Waals surface area contributed by atoms with Gasteiger partial charge < -0.3 is 5.32 Å². The van der Waals surface area contributed by atoms with Gasteiger partial charge in [-0.1, -0.05) is 0 Å². The standard InChI is InChI=1S/C8H9F6N3O2/c1-6(15-4(18)7(9,10)11)2-3-17(16-6)5(19)8(12,13)14/h16H,2-3H2,1H3,(H,15,18). The Morgan fingerprint density at radius 2 is 1.68 bits per heavy atom. The molecule has 1 heterocycles. The monoisotopic (exact) mass is 293 g/mol. The van der Waals surface area contributed by atoms with Crippen LogP contribution in [0.3, 0.4) is 0 Å². The van der Waals surface area contributed by atoms with Gasteiger partial charge in [0.1, 0.15) is 5.66 Å². The van der Waals surface area contributed by atoms with Crippen LogP contribution in [-0.2, 0) is 9.59 Å². The zero-order valence-corrected chi connectivity index (χ0v) is 9.45. The minimum atomic E-state index is -5.16. The molecule has 1 aliphatic heterocycles. The molecule has 0 radical (unpaired) electrons. The Balaban J connectivity index is 2.70. The zero-order chi connectivity index (χ0) is 15.1. The van der Waals surface area contributed by atoms with Crippen molar-refractivity contribution >= 4 is 11.8 Å². The Labute approximate surface area is 102 Å². The zero-order valence-electron chi connectivity index (χ0n) is 9.45. The molecule has 2 N–H and O–H groups in total. The summed E-state index contributed by atoms with van der Waals surface area (Å²) in [7, 11) is 0. The number of nitrogens with zero attached hydrogens (tertiary/aromatic N) is 1. The fourth-order valence-electron chi connectivity index (χ4n) is 1.46. The molecule has 1 saturated heterocycles. The lowest BCUT2D eigenvalue weighted by Crippen LogP contribution is -2.60. The maximum Gasteiger partial charge on any atom is 0.472 e. The van der Waals surface area contributed by atoms with E-state index in [2.05, 4.69) is 0 Å². The lowest BCUT2D eigenvalue weighted by molar-refractivity contribution is -0.188. The number of rotatable bonds is 1. The number of carbonyl (C=O) groups excluding carboxylic acids is 2. The van der Waals surface area contributed by atoms with Gasteiger partial charge in [0.2, 0.25) is 0 Å². The number of amides is 2. The van der Waals surface area contributed by atoms with Crippen LogP contribution in [0.2, 0.25) is 0 Å². The van der Waals surface area contributed by atoms with E-state index in [9.17, 15) is 35.9 Å². The van der Waals surface area contributed by atoms with Crippen molar-refractivity contribution in [3.63, 3.8) is 0 Å². The molecule has 1 aliphatic rings. The Morgan fingerprint density at radius 3 is 2.11 bits per heavy atom. The van der Waals surface area contributed by atoms with Gasteiger partial charge in [-0.3, -0.25) is 14.6 Å². The Kier molecular flexibility index (Phi) is 3.72. The van der Waals surface area contributed by atoms with Gasteiger partial charge in [0.25, 0.3) is 0 Å². The van der Waals surface area contributed by atoms with Crippen molar-refractivity contribution in [3.8, 4) is 0 Å². The highest BCUT2D eigenvalue weighted by Crippen LogP contribution is 2.24. The third-order valence-corrected chi connectivity index (χ3v) is 2.35. The molecular formula is C8H9F6N3O2. The van der Waals surface area contributed by atoms with E-state index in [0.717, 1.165) is 6.92 Å². The number of hydrogen-bond acceptors (Lipinski definition) is 3. The highest BCUT2D eigenvalue weighted by atomic mass is 19.4. The number of carbonyl (C=O) groups is 2. The molecule has 1 unspecified atom stereocenters. The number of nitrogens with one attached hydrogen (secondary N) is 2. The summed E-state index contributed by atoms with van der Waals surface area (Å²) in [5.74, 6) is -4.54. The van der Waals surface area contributed by atoms with Crippen molar-refractivity contribution in [2.45, 2.75) is 31.4 Å². The Hall–Kier alpha value is -1.52. The van der Waals surface area contributed by atoms with Crippen molar-refractivity contribution in [3.05, 3.63) is 0 Å². The van der Waals surface area contributed by atoms with Crippen LogP contribution < -0.4 is 10.7 Å². The average molecular weight is 293 g/mol. The summed E-state index contributed by atoms with van der Waals surface area (Å²) < 4.78 is 72.4. The molecule has 2 amide bonds. The van der Waals surface area contributed by atoms with Crippen LogP contribution in [-0.4, -0.2) is 41.4 Å². The smallest absolute Gasteiger partial charge is 0.329 e. The molecule has 1 atom stereocenters. The highest BCUT2D eigenvalue weighted by Gasteiger charge is 2.49. The molecule has 0 aromatic heterocycles. The topological polar surface area (TPSA) is 61.4 Å².